The van der Waals surface area contributed by atoms with Crippen LogP contribution in [-0.2, 0) is 4.74 Å². The first-order valence-corrected chi connectivity index (χ1v) is 8.78. The minimum absolute atomic E-state index is 0.236. The Labute approximate surface area is 124 Å². The van der Waals surface area contributed by atoms with Crippen LogP contribution >= 0.6 is 0 Å². The first-order chi connectivity index (χ1) is 9.69. The average Bonchev–Trinajstić information content (AvgIpc) is 3.29. The predicted octanol–water partition coefficient (Wildman–Crippen LogP) is 2.94. The van der Waals surface area contributed by atoms with E-state index in [1.807, 2.05) is 0 Å². The van der Waals surface area contributed by atoms with Crippen molar-refractivity contribution in [1.29, 1.82) is 0 Å². The van der Waals surface area contributed by atoms with Gasteiger partial charge in [0.25, 0.3) is 0 Å². The van der Waals surface area contributed by atoms with Crippen LogP contribution in [0.4, 0.5) is 0 Å². The minimum atomic E-state index is 0.236. The van der Waals surface area contributed by atoms with E-state index in [1.165, 1.54) is 57.8 Å². The highest BCUT2D eigenvalue weighted by atomic mass is 16.5. The van der Waals surface area contributed by atoms with Crippen LogP contribution in [0.1, 0.15) is 64.7 Å². The topological polar surface area (TPSA) is 24.5 Å². The maximum atomic E-state index is 6.19. The van der Waals surface area contributed by atoms with Gasteiger partial charge in [0.1, 0.15) is 0 Å². The van der Waals surface area contributed by atoms with E-state index in [-0.39, 0.29) is 5.60 Å². The summed E-state index contributed by atoms with van der Waals surface area (Å²) in [5.41, 5.74) is 0.236. The number of hydrogen-bond donors (Lipinski definition) is 1. The van der Waals surface area contributed by atoms with Crippen LogP contribution in [0.2, 0.25) is 0 Å². The number of likely N-dealkylation sites (N-methyl/N-ethyl adjacent to an activating group) is 1. The maximum Gasteiger partial charge on any atom is 0.0697 e. The molecule has 1 N–H and O–H groups in total. The van der Waals surface area contributed by atoms with Gasteiger partial charge in [-0.15, -0.1) is 0 Å². The predicted molar refractivity (Wildman–Crippen MR) is 83.0 cm³/mol. The summed E-state index contributed by atoms with van der Waals surface area (Å²) in [6, 6.07) is 2.20. The van der Waals surface area contributed by atoms with E-state index in [0.29, 0.717) is 12.1 Å². The summed E-state index contributed by atoms with van der Waals surface area (Å²) in [6.45, 7) is 4.46. The zero-order valence-corrected chi connectivity index (χ0v) is 13.4. The van der Waals surface area contributed by atoms with Crippen LogP contribution < -0.4 is 5.32 Å². The van der Waals surface area contributed by atoms with Crippen molar-refractivity contribution < 1.29 is 4.74 Å². The van der Waals surface area contributed by atoms with Gasteiger partial charge in [0.05, 0.1) is 5.60 Å². The second-order valence-corrected chi connectivity index (χ2v) is 7.44. The molecule has 0 aromatic carbocycles. The third-order valence-electron chi connectivity index (χ3n) is 5.78. The lowest BCUT2D eigenvalue weighted by molar-refractivity contribution is -0.109. The number of ether oxygens (including phenoxy) is 1. The summed E-state index contributed by atoms with van der Waals surface area (Å²) < 4.78 is 6.19. The Balaban J connectivity index is 1.45. The summed E-state index contributed by atoms with van der Waals surface area (Å²) >= 11 is 0. The highest BCUT2D eigenvalue weighted by Gasteiger charge is 2.38. The highest BCUT2D eigenvalue weighted by Crippen LogP contribution is 2.38. The molecule has 1 heterocycles. The van der Waals surface area contributed by atoms with Crippen LogP contribution in [0.15, 0.2) is 0 Å². The van der Waals surface area contributed by atoms with E-state index in [4.69, 9.17) is 4.74 Å². The van der Waals surface area contributed by atoms with Gasteiger partial charge in [-0.05, 0) is 52.5 Å². The molecular weight excluding hydrogens is 248 g/mol. The first kappa shape index (κ1) is 14.8. The van der Waals surface area contributed by atoms with E-state index in [9.17, 15) is 0 Å². The molecule has 1 aliphatic heterocycles. The summed E-state index contributed by atoms with van der Waals surface area (Å²) in [5.74, 6) is 0. The van der Waals surface area contributed by atoms with Gasteiger partial charge in [0, 0.05) is 31.3 Å². The smallest absolute Gasteiger partial charge is 0.0697 e. The van der Waals surface area contributed by atoms with Crippen molar-refractivity contribution in [2.45, 2.75) is 88.4 Å². The van der Waals surface area contributed by atoms with E-state index in [1.54, 1.807) is 0 Å². The van der Waals surface area contributed by atoms with Crippen molar-refractivity contribution in [3.63, 3.8) is 0 Å². The Hall–Kier alpha value is -0.120. The van der Waals surface area contributed by atoms with Gasteiger partial charge in [-0.25, -0.2) is 0 Å². The SMILES string of the molecule is CC(CNC1CCOC2(CCCCC2)C1)N(C)C1CC1. The summed E-state index contributed by atoms with van der Waals surface area (Å²) in [5, 5.41) is 3.83. The molecule has 0 aromatic heterocycles. The lowest BCUT2D eigenvalue weighted by Gasteiger charge is -2.44. The van der Waals surface area contributed by atoms with Gasteiger partial charge in [0.2, 0.25) is 0 Å². The molecule has 0 bridgehead atoms. The monoisotopic (exact) mass is 280 g/mol. The van der Waals surface area contributed by atoms with Crippen molar-refractivity contribution in [1.82, 2.24) is 10.2 Å². The molecule has 3 nitrogen and oxygen atoms in total. The first-order valence-electron chi connectivity index (χ1n) is 8.78. The third-order valence-corrected chi connectivity index (χ3v) is 5.78. The molecule has 0 aromatic rings. The Morgan fingerprint density at radius 2 is 1.95 bits per heavy atom. The van der Waals surface area contributed by atoms with Gasteiger partial charge < -0.3 is 10.1 Å². The number of rotatable bonds is 5. The molecule has 0 radical (unpaired) electrons. The Morgan fingerprint density at radius 1 is 1.20 bits per heavy atom. The molecule has 2 atom stereocenters. The lowest BCUT2D eigenvalue weighted by Crippen LogP contribution is -2.50. The lowest BCUT2D eigenvalue weighted by atomic mass is 9.78. The van der Waals surface area contributed by atoms with Gasteiger partial charge in [-0.3, -0.25) is 4.90 Å². The fraction of sp³-hybridized carbons (Fsp3) is 1.00. The largest absolute Gasteiger partial charge is 0.375 e. The van der Waals surface area contributed by atoms with Crippen LogP contribution in [0, 0.1) is 0 Å². The zero-order chi connectivity index (χ0) is 14.0. The van der Waals surface area contributed by atoms with Gasteiger partial charge in [0.15, 0.2) is 0 Å². The van der Waals surface area contributed by atoms with Crippen molar-refractivity contribution in [2.75, 3.05) is 20.2 Å². The summed E-state index contributed by atoms with van der Waals surface area (Å²) in [6.07, 6.45) is 12.0. The zero-order valence-electron chi connectivity index (χ0n) is 13.4. The standard InChI is InChI=1S/C17H32N2O/c1-14(19(2)16-6-7-16)13-18-15-8-11-20-17(12-15)9-4-3-5-10-17/h14-16,18H,3-13H2,1-2H3. The quantitative estimate of drug-likeness (QED) is 0.838. The molecule has 116 valence electrons. The fourth-order valence-electron chi connectivity index (χ4n) is 4.07. The van der Waals surface area contributed by atoms with Crippen LogP contribution in [-0.4, -0.2) is 48.8 Å². The normalized spacial score (nSPS) is 31.6. The van der Waals surface area contributed by atoms with Crippen LogP contribution in [0.3, 0.4) is 0 Å². The van der Waals surface area contributed by atoms with E-state index in [2.05, 4.69) is 24.2 Å². The molecule has 3 rings (SSSR count). The average molecular weight is 280 g/mol. The van der Waals surface area contributed by atoms with Crippen LogP contribution in [0.25, 0.3) is 0 Å². The van der Waals surface area contributed by atoms with Gasteiger partial charge in [-0.1, -0.05) is 19.3 Å². The van der Waals surface area contributed by atoms with E-state index < -0.39 is 0 Å². The summed E-state index contributed by atoms with van der Waals surface area (Å²) in [7, 11) is 2.29. The maximum absolute atomic E-state index is 6.19. The molecular formula is C17H32N2O. The number of hydrogen-bond acceptors (Lipinski definition) is 3. The second-order valence-electron chi connectivity index (χ2n) is 7.44. The molecule has 2 saturated carbocycles. The van der Waals surface area contributed by atoms with Gasteiger partial charge in [-0.2, -0.15) is 0 Å². The van der Waals surface area contributed by atoms with Crippen LogP contribution in [0.5, 0.6) is 0 Å². The van der Waals surface area contributed by atoms with Crippen molar-refractivity contribution in [3.05, 3.63) is 0 Å². The number of nitrogens with one attached hydrogen (secondary N) is 1. The van der Waals surface area contributed by atoms with Crippen molar-refractivity contribution in [3.8, 4) is 0 Å². The minimum Gasteiger partial charge on any atom is -0.375 e. The molecule has 1 spiro atoms. The molecule has 20 heavy (non-hydrogen) atoms. The molecule has 2 aliphatic carbocycles. The molecule has 3 heteroatoms. The van der Waals surface area contributed by atoms with E-state index >= 15 is 0 Å². The Bertz CT molecular complexity index is 305. The fourth-order valence-corrected chi connectivity index (χ4v) is 4.07. The van der Waals surface area contributed by atoms with Gasteiger partial charge >= 0.3 is 0 Å². The molecule has 3 fully saturated rings. The second kappa shape index (κ2) is 6.33. The molecule has 0 amide bonds. The third kappa shape index (κ3) is 3.55. The number of nitrogens with zero attached hydrogens (tertiary/aromatic N) is 1. The molecule has 2 unspecified atom stereocenters. The van der Waals surface area contributed by atoms with Crippen molar-refractivity contribution >= 4 is 0 Å². The Morgan fingerprint density at radius 3 is 2.65 bits per heavy atom. The molecule has 3 aliphatic rings. The molecule has 1 saturated heterocycles. The van der Waals surface area contributed by atoms with E-state index in [0.717, 1.165) is 19.2 Å². The Kier molecular flexibility index (Phi) is 4.68. The summed E-state index contributed by atoms with van der Waals surface area (Å²) in [4.78, 5) is 2.56. The highest BCUT2D eigenvalue weighted by molar-refractivity contribution is 4.93. The van der Waals surface area contributed by atoms with Crippen molar-refractivity contribution in [2.24, 2.45) is 0 Å².